The lowest BCUT2D eigenvalue weighted by Gasteiger charge is -2.06. The van der Waals surface area contributed by atoms with Gasteiger partial charge in [-0.2, -0.15) is 0 Å². The van der Waals surface area contributed by atoms with Crippen LogP contribution in [0.1, 0.15) is 5.69 Å². The van der Waals surface area contributed by atoms with E-state index in [-0.39, 0.29) is 5.84 Å². The van der Waals surface area contributed by atoms with Crippen molar-refractivity contribution in [2.24, 2.45) is 5.73 Å². The standard InChI is InChI=1S/C15H12N4O/c16-15(17)13-6-3-7-14(19-13)20-11-8-10-4-1-2-5-12(10)18-9-11/h1-9H,(H3,16,17). The molecule has 2 aromatic heterocycles. The number of nitrogens with one attached hydrogen (secondary N) is 1. The first kappa shape index (κ1) is 12.1. The molecule has 3 rings (SSSR count). The van der Waals surface area contributed by atoms with E-state index in [0.717, 1.165) is 10.9 Å². The monoisotopic (exact) mass is 264 g/mol. The van der Waals surface area contributed by atoms with Gasteiger partial charge >= 0.3 is 0 Å². The number of aromatic nitrogens is 2. The van der Waals surface area contributed by atoms with Crippen LogP contribution in [0.5, 0.6) is 11.6 Å². The Hall–Kier alpha value is -2.95. The van der Waals surface area contributed by atoms with Crippen LogP contribution in [0.3, 0.4) is 0 Å². The van der Waals surface area contributed by atoms with Crippen molar-refractivity contribution in [2.45, 2.75) is 0 Å². The van der Waals surface area contributed by atoms with Crippen molar-refractivity contribution in [1.29, 1.82) is 5.41 Å². The molecular formula is C15H12N4O. The van der Waals surface area contributed by atoms with E-state index in [0.29, 0.717) is 17.3 Å². The molecule has 5 heteroatoms. The molecule has 0 aliphatic rings. The summed E-state index contributed by atoms with van der Waals surface area (Å²) in [6.07, 6.45) is 1.64. The van der Waals surface area contributed by atoms with Gasteiger partial charge in [0.2, 0.25) is 5.88 Å². The van der Waals surface area contributed by atoms with Crippen molar-refractivity contribution in [3.63, 3.8) is 0 Å². The molecule has 20 heavy (non-hydrogen) atoms. The summed E-state index contributed by atoms with van der Waals surface area (Å²) >= 11 is 0. The molecule has 0 unspecified atom stereocenters. The number of ether oxygens (including phenoxy) is 1. The van der Waals surface area contributed by atoms with Gasteiger partial charge in [0.05, 0.1) is 11.7 Å². The molecule has 0 bridgehead atoms. The summed E-state index contributed by atoms with van der Waals surface area (Å²) in [6.45, 7) is 0. The molecule has 0 fully saturated rings. The van der Waals surface area contributed by atoms with Crippen LogP contribution in [0, 0.1) is 5.41 Å². The number of nitrogen functional groups attached to an aromatic ring is 1. The highest BCUT2D eigenvalue weighted by Gasteiger charge is 2.04. The van der Waals surface area contributed by atoms with Gasteiger partial charge in [-0.15, -0.1) is 0 Å². The van der Waals surface area contributed by atoms with Crippen molar-refractivity contribution < 1.29 is 4.74 Å². The second-order valence-electron chi connectivity index (χ2n) is 4.24. The van der Waals surface area contributed by atoms with Gasteiger partial charge in [0, 0.05) is 11.5 Å². The number of amidine groups is 1. The Labute approximate surface area is 115 Å². The molecule has 5 nitrogen and oxygen atoms in total. The van der Waals surface area contributed by atoms with Gasteiger partial charge in [0.25, 0.3) is 0 Å². The molecule has 2 heterocycles. The van der Waals surface area contributed by atoms with Gasteiger partial charge < -0.3 is 10.5 Å². The number of hydrogen-bond donors (Lipinski definition) is 2. The molecule has 0 aliphatic heterocycles. The van der Waals surface area contributed by atoms with E-state index in [2.05, 4.69) is 9.97 Å². The minimum absolute atomic E-state index is 0.0907. The summed E-state index contributed by atoms with van der Waals surface area (Å²) in [5.74, 6) is 0.888. The summed E-state index contributed by atoms with van der Waals surface area (Å²) in [7, 11) is 0. The van der Waals surface area contributed by atoms with Gasteiger partial charge in [-0.05, 0) is 18.2 Å². The maximum absolute atomic E-state index is 7.37. The van der Waals surface area contributed by atoms with E-state index in [1.54, 1.807) is 24.4 Å². The van der Waals surface area contributed by atoms with Crippen molar-refractivity contribution >= 4 is 16.7 Å². The molecule has 3 N–H and O–H groups in total. The van der Waals surface area contributed by atoms with Crippen molar-refractivity contribution in [3.8, 4) is 11.6 Å². The zero-order chi connectivity index (χ0) is 13.9. The topological polar surface area (TPSA) is 84.9 Å². The third-order valence-electron chi connectivity index (χ3n) is 2.79. The number of nitrogens with zero attached hydrogens (tertiary/aromatic N) is 2. The smallest absolute Gasteiger partial charge is 0.219 e. The van der Waals surface area contributed by atoms with Gasteiger partial charge in [-0.3, -0.25) is 10.4 Å². The number of nitrogens with two attached hydrogens (primary N) is 1. The Bertz CT molecular complexity index is 785. The lowest BCUT2D eigenvalue weighted by Crippen LogP contribution is -2.13. The lowest BCUT2D eigenvalue weighted by atomic mass is 10.2. The van der Waals surface area contributed by atoms with E-state index in [9.17, 15) is 0 Å². The zero-order valence-corrected chi connectivity index (χ0v) is 10.6. The van der Waals surface area contributed by atoms with Gasteiger partial charge in [0.1, 0.15) is 17.3 Å². The number of benzene rings is 1. The Morgan fingerprint density at radius 1 is 1.10 bits per heavy atom. The number of pyridine rings is 2. The summed E-state index contributed by atoms with van der Waals surface area (Å²) < 4.78 is 5.65. The van der Waals surface area contributed by atoms with Gasteiger partial charge in [-0.1, -0.05) is 24.3 Å². The SMILES string of the molecule is N=C(N)c1cccc(Oc2cnc3ccccc3c2)n1. The van der Waals surface area contributed by atoms with Crippen LogP contribution in [0.25, 0.3) is 10.9 Å². The van der Waals surface area contributed by atoms with Crippen LogP contribution < -0.4 is 10.5 Å². The fraction of sp³-hybridized carbons (Fsp3) is 0. The second kappa shape index (κ2) is 4.97. The molecule has 0 atom stereocenters. The molecule has 0 radical (unpaired) electrons. The van der Waals surface area contributed by atoms with E-state index in [4.69, 9.17) is 15.9 Å². The molecule has 0 saturated carbocycles. The lowest BCUT2D eigenvalue weighted by molar-refractivity contribution is 0.461. The Morgan fingerprint density at radius 3 is 2.80 bits per heavy atom. The summed E-state index contributed by atoms with van der Waals surface area (Å²) in [5, 5.41) is 8.36. The van der Waals surface area contributed by atoms with Crippen LogP contribution >= 0.6 is 0 Å². The highest BCUT2D eigenvalue weighted by molar-refractivity contribution is 5.93. The predicted molar refractivity (Wildman–Crippen MR) is 77.1 cm³/mol. The normalized spacial score (nSPS) is 10.4. The van der Waals surface area contributed by atoms with E-state index in [1.807, 2.05) is 30.3 Å². The van der Waals surface area contributed by atoms with Crippen LogP contribution in [-0.4, -0.2) is 15.8 Å². The molecular weight excluding hydrogens is 252 g/mol. The Kier molecular flexibility index (Phi) is 3.01. The van der Waals surface area contributed by atoms with Crippen LogP contribution in [0.2, 0.25) is 0 Å². The maximum atomic E-state index is 7.37. The third-order valence-corrected chi connectivity index (χ3v) is 2.79. The van der Waals surface area contributed by atoms with E-state index >= 15 is 0 Å². The first-order valence-electron chi connectivity index (χ1n) is 6.06. The van der Waals surface area contributed by atoms with Gasteiger partial charge in [0.15, 0.2) is 0 Å². The van der Waals surface area contributed by atoms with Crippen molar-refractivity contribution in [3.05, 3.63) is 60.4 Å². The average molecular weight is 264 g/mol. The summed E-state index contributed by atoms with van der Waals surface area (Å²) in [5.41, 5.74) is 6.70. The first-order valence-corrected chi connectivity index (χ1v) is 6.06. The quantitative estimate of drug-likeness (QED) is 0.562. The predicted octanol–water partition coefficient (Wildman–Crippen LogP) is 2.71. The zero-order valence-electron chi connectivity index (χ0n) is 10.6. The molecule has 0 amide bonds. The van der Waals surface area contributed by atoms with E-state index < -0.39 is 0 Å². The van der Waals surface area contributed by atoms with E-state index in [1.165, 1.54) is 0 Å². The second-order valence-corrected chi connectivity index (χ2v) is 4.24. The Morgan fingerprint density at radius 2 is 1.95 bits per heavy atom. The van der Waals surface area contributed by atoms with Gasteiger partial charge in [-0.25, -0.2) is 4.98 Å². The summed E-state index contributed by atoms with van der Waals surface area (Å²) in [6, 6.07) is 14.8. The first-order chi connectivity index (χ1) is 9.72. The molecule has 98 valence electrons. The third kappa shape index (κ3) is 2.42. The van der Waals surface area contributed by atoms with Crippen LogP contribution in [0.15, 0.2) is 54.7 Å². The number of rotatable bonds is 3. The van der Waals surface area contributed by atoms with Crippen LogP contribution in [0.4, 0.5) is 0 Å². The minimum atomic E-state index is -0.0907. The number of para-hydroxylation sites is 1. The molecule has 0 saturated heterocycles. The molecule has 3 aromatic rings. The van der Waals surface area contributed by atoms with Crippen molar-refractivity contribution in [1.82, 2.24) is 9.97 Å². The summed E-state index contributed by atoms with van der Waals surface area (Å²) in [4.78, 5) is 8.46. The highest BCUT2D eigenvalue weighted by atomic mass is 16.5. The number of hydrogen-bond acceptors (Lipinski definition) is 4. The largest absolute Gasteiger partial charge is 0.437 e. The fourth-order valence-electron chi connectivity index (χ4n) is 1.85. The fourth-order valence-corrected chi connectivity index (χ4v) is 1.85. The molecule has 0 spiro atoms. The highest BCUT2D eigenvalue weighted by Crippen LogP contribution is 2.22. The number of fused-ring (bicyclic) bond motifs is 1. The average Bonchev–Trinajstić information content (AvgIpc) is 2.47. The minimum Gasteiger partial charge on any atom is -0.437 e. The van der Waals surface area contributed by atoms with Crippen molar-refractivity contribution in [2.75, 3.05) is 0 Å². The molecule has 1 aromatic carbocycles. The Balaban J connectivity index is 1.92. The van der Waals surface area contributed by atoms with Crippen LogP contribution in [-0.2, 0) is 0 Å². The maximum Gasteiger partial charge on any atom is 0.219 e. The molecule has 0 aliphatic carbocycles.